The molecule has 0 spiro atoms. The molecule has 54 heavy (non-hydrogen) atoms. The molecule has 0 saturated heterocycles. The van der Waals surface area contributed by atoms with Crippen LogP contribution in [-0.4, -0.2) is 22.6 Å². The van der Waals surface area contributed by atoms with E-state index in [0.29, 0.717) is 0 Å². The van der Waals surface area contributed by atoms with Crippen LogP contribution in [0, 0.1) is 17.5 Å². The van der Waals surface area contributed by atoms with Crippen molar-refractivity contribution in [3.63, 3.8) is 0 Å². The van der Waals surface area contributed by atoms with Crippen molar-refractivity contribution in [3.05, 3.63) is 157 Å². The van der Waals surface area contributed by atoms with E-state index in [0.717, 1.165) is 67.7 Å². The van der Waals surface area contributed by atoms with Crippen molar-refractivity contribution < 1.29 is 24.5 Å². The van der Waals surface area contributed by atoms with Crippen LogP contribution in [0.1, 0.15) is 26.3 Å². The number of imidazole rings is 1. The van der Waals surface area contributed by atoms with E-state index in [-0.39, 0.29) is 25.5 Å². The van der Waals surface area contributed by atoms with Gasteiger partial charge in [-0.25, -0.2) is 0 Å². The quantitative estimate of drug-likeness (QED) is 0.128. The van der Waals surface area contributed by atoms with Crippen LogP contribution in [0.3, 0.4) is 0 Å². The van der Waals surface area contributed by atoms with Gasteiger partial charge in [0.2, 0.25) is 0 Å². The average Bonchev–Trinajstić information content (AvgIpc) is 3.73. The van der Waals surface area contributed by atoms with Crippen LogP contribution >= 0.6 is 0 Å². The van der Waals surface area contributed by atoms with Gasteiger partial charge in [0, 0.05) is 42.8 Å². The van der Waals surface area contributed by atoms with Crippen molar-refractivity contribution in [1.82, 2.24) is 14.5 Å². The second-order valence-corrected chi connectivity index (χ2v) is 21.0. The van der Waals surface area contributed by atoms with Crippen LogP contribution in [0.2, 0.25) is 19.6 Å². The molecule has 0 fully saturated rings. The molecule has 0 N–H and O–H groups in total. The van der Waals surface area contributed by atoms with Crippen molar-refractivity contribution in [2.75, 3.05) is 0 Å². The first-order valence-electron chi connectivity index (χ1n) is 18.3. The van der Waals surface area contributed by atoms with Crippen LogP contribution in [0.15, 0.2) is 144 Å². The number of hydrogen-bond donors (Lipinski definition) is 0. The molecule has 3 aromatic heterocycles. The molecule has 0 aliphatic heterocycles. The molecule has 9 rings (SSSR count). The fourth-order valence-corrected chi connectivity index (χ4v) is 8.86. The van der Waals surface area contributed by atoms with Gasteiger partial charge >= 0.3 is 0 Å². The number of rotatable bonds is 5. The molecule has 1 radical (unpaired) electrons. The summed E-state index contributed by atoms with van der Waals surface area (Å²) >= 11 is 0. The summed E-state index contributed by atoms with van der Waals surface area (Å²) in [5, 5.41) is 6.03. The molecule has 0 atom stereocenters. The smallest absolute Gasteiger partial charge is 0.120 e. The van der Waals surface area contributed by atoms with E-state index >= 15 is 0 Å². The van der Waals surface area contributed by atoms with Crippen LogP contribution in [-0.2, 0) is 26.5 Å². The Morgan fingerprint density at radius 3 is 2.22 bits per heavy atom. The summed E-state index contributed by atoms with van der Waals surface area (Å²) < 4.78 is 8.56. The van der Waals surface area contributed by atoms with E-state index in [2.05, 4.69) is 148 Å². The Hall–Kier alpha value is -5.13. The van der Waals surface area contributed by atoms with Crippen molar-refractivity contribution >= 4 is 57.0 Å². The molecular weight excluding hydrogens is 855 g/mol. The summed E-state index contributed by atoms with van der Waals surface area (Å²) in [6, 6.07) is 52.3. The van der Waals surface area contributed by atoms with Gasteiger partial charge in [0.15, 0.2) is 0 Å². The topological polar surface area (TPSA) is 43.9 Å². The molecular formula is C48H43IrN3OSi-2. The Kier molecular flexibility index (Phi) is 10.3. The number of fused-ring (bicyclic) bond motifs is 5. The van der Waals surface area contributed by atoms with E-state index in [1.165, 1.54) is 21.5 Å². The predicted octanol–water partition coefficient (Wildman–Crippen LogP) is 12.2. The van der Waals surface area contributed by atoms with Gasteiger partial charge < -0.3 is 14.0 Å². The van der Waals surface area contributed by atoms with Gasteiger partial charge in [0.05, 0.1) is 30.5 Å². The number of para-hydroxylation sites is 3. The second-order valence-electron chi connectivity index (χ2n) is 15.9. The van der Waals surface area contributed by atoms with Crippen molar-refractivity contribution in [2.24, 2.45) is 5.41 Å². The molecule has 0 aliphatic rings. The number of pyridine rings is 1. The third kappa shape index (κ3) is 7.34. The fraction of sp³-hybridized carbons (Fsp3) is 0.167. The molecule has 0 amide bonds. The van der Waals surface area contributed by atoms with E-state index in [4.69, 9.17) is 14.4 Å². The summed E-state index contributed by atoms with van der Waals surface area (Å²) in [6.07, 6.45) is 3.21. The van der Waals surface area contributed by atoms with Gasteiger partial charge in [-0.05, 0) is 52.4 Å². The van der Waals surface area contributed by atoms with E-state index in [1.807, 2.05) is 48.5 Å². The molecule has 4 nitrogen and oxygen atoms in total. The summed E-state index contributed by atoms with van der Waals surface area (Å²) in [5.41, 5.74) is 9.50. The number of hydrogen-bond acceptors (Lipinski definition) is 3. The maximum Gasteiger partial charge on any atom is 0.120 e. The fourth-order valence-electron chi connectivity index (χ4n) is 7.29. The van der Waals surface area contributed by atoms with Crippen LogP contribution < -0.4 is 5.19 Å². The van der Waals surface area contributed by atoms with Crippen LogP contribution in [0.5, 0.6) is 0 Å². The normalized spacial score (nSPS) is 11.8. The number of aromatic nitrogens is 3. The Morgan fingerprint density at radius 1 is 0.722 bits per heavy atom. The molecule has 3 heterocycles. The standard InChI is InChI=1S/C29H17N2O.C19H26NSi.Ir/c1-2-11-20-19(9-1)10-7-17-25(20)31-26-16-5-4-15-24(26)30-29(31)23-14-8-13-22-21-12-3-6-18-27(21)32-28(22)23;1-19(2,3)13-16-12-17(15-10-8-7-9-11-15)20-14-18(16)21(4,5)6;/h1-13,15-18H;7-10,12,14H,13H2,1-6H3;/q2*-1;. The van der Waals surface area contributed by atoms with Crippen LogP contribution in [0.4, 0.5) is 0 Å². The Bertz CT molecular complexity index is 2730. The Morgan fingerprint density at radius 2 is 1.44 bits per heavy atom. The number of furan rings is 1. The zero-order valence-electron chi connectivity index (χ0n) is 31.6. The minimum absolute atomic E-state index is 0. The summed E-state index contributed by atoms with van der Waals surface area (Å²) in [7, 11) is -1.37. The number of benzene rings is 6. The minimum Gasteiger partial charge on any atom is -0.501 e. The first kappa shape index (κ1) is 37.2. The molecule has 271 valence electrons. The average molecular weight is 898 g/mol. The van der Waals surface area contributed by atoms with E-state index < -0.39 is 8.07 Å². The van der Waals surface area contributed by atoms with Gasteiger partial charge in [0.1, 0.15) is 5.58 Å². The molecule has 0 saturated carbocycles. The maximum atomic E-state index is 6.33. The third-order valence-electron chi connectivity index (χ3n) is 9.63. The summed E-state index contributed by atoms with van der Waals surface area (Å²) in [4.78, 5) is 9.77. The molecule has 0 unspecified atom stereocenters. The van der Waals surface area contributed by atoms with Crippen molar-refractivity contribution in [3.8, 4) is 28.3 Å². The zero-order valence-corrected chi connectivity index (χ0v) is 35.0. The molecule has 9 aromatic rings. The summed E-state index contributed by atoms with van der Waals surface area (Å²) in [6.45, 7) is 14.1. The summed E-state index contributed by atoms with van der Waals surface area (Å²) in [5.74, 6) is 0.826. The van der Waals surface area contributed by atoms with Gasteiger partial charge in [-0.15, -0.1) is 54.1 Å². The predicted molar refractivity (Wildman–Crippen MR) is 225 cm³/mol. The molecule has 6 aromatic carbocycles. The first-order valence-corrected chi connectivity index (χ1v) is 21.8. The molecule has 0 bridgehead atoms. The van der Waals surface area contributed by atoms with Gasteiger partial charge in [-0.2, -0.15) is 0 Å². The third-order valence-corrected chi connectivity index (χ3v) is 11.7. The second kappa shape index (κ2) is 14.9. The first-order chi connectivity index (χ1) is 25.5. The maximum absolute atomic E-state index is 6.33. The monoisotopic (exact) mass is 898 g/mol. The van der Waals surface area contributed by atoms with Gasteiger partial charge in [-0.3, -0.25) is 4.98 Å². The number of nitrogens with zero attached hydrogens (tertiary/aromatic N) is 3. The Labute approximate surface area is 332 Å². The molecule has 6 heteroatoms. The van der Waals surface area contributed by atoms with Crippen molar-refractivity contribution in [1.29, 1.82) is 0 Å². The SMILES string of the molecule is CC(C)(C)Cc1cc(-c2[c-]cccc2)ncc1[Si](C)(C)C.[Ir].[c-]1ccc2c(oc3ccccc32)c1-c1nc2ccccc2n1-c1cccc2ccccc12. The van der Waals surface area contributed by atoms with Gasteiger partial charge in [0.25, 0.3) is 0 Å². The molecule has 0 aliphatic carbocycles. The van der Waals surface area contributed by atoms with E-state index in [9.17, 15) is 0 Å². The largest absolute Gasteiger partial charge is 0.501 e. The zero-order chi connectivity index (χ0) is 36.7. The van der Waals surface area contributed by atoms with E-state index in [1.54, 1.807) is 0 Å². The Balaban J connectivity index is 0.000000180. The van der Waals surface area contributed by atoms with Crippen LogP contribution in [0.25, 0.3) is 72.1 Å². The van der Waals surface area contributed by atoms with Gasteiger partial charge in [-0.1, -0.05) is 130 Å². The van der Waals surface area contributed by atoms with Crippen molar-refractivity contribution in [2.45, 2.75) is 46.8 Å². The minimum atomic E-state index is -1.37.